The number of benzene rings is 1. The predicted molar refractivity (Wildman–Crippen MR) is 109 cm³/mol. The molecule has 1 fully saturated rings. The first-order chi connectivity index (χ1) is 13.6. The molecule has 2 N–H and O–H groups in total. The van der Waals surface area contributed by atoms with Crippen LogP contribution in [0.3, 0.4) is 0 Å². The number of allylic oxidation sites excluding steroid dienone is 2. The average molecular weight is 392 g/mol. The Hall–Kier alpha value is -3.05. The summed E-state index contributed by atoms with van der Waals surface area (Å²) in [4.78, 5) is 7.52. The molecule has 0 radical (unpaired) electrons. The van der Waals surface area contributed by atoms with E-state index in [-0.39, 0.29) is 16.6 Å². The molecule has 7 nitrogen and oxygen atoms in total. The number of aromatic nitrogens is 5. The molecule has 3 aromatic rings. The summed E-state index contributed by atoms with van der Waals surface area (Å²) in [6, 6.07) is 9.59. The summed E-state index contributed by atoms with van der Waals surface area (Å²) < 4.78 is 2.03. The Labute approximate surface area is 166 Å². The van der Waals surface area contributed by atoms with Gasteiger partial charge < -0.3 is 14.7 Å². The summed E-state index contributed by atoms with van der Waals surface area (Å²) in [6.07, 6.45) is 4.07. The number of aromatic amines is 1. The van der Waals surface area contributed by atoms with Crippen molar-refractivity contribution in [3.63, 3.8) is 0 Å². The maximum Gasteiger partial charge on any atom is 0.192 e. The summed E-state index contributed by atoms with van der Waals surface area (Å²) in [6.45, 7) is 6.27. The Balaban J connectivity index is 1.63. The lowest BCUT2D eigenvalue weighted by atomic mass is 10.2. The van der Waals surface area contributed by atoms with Crippen molar-refractivity contribution in [1.29, 1.82) is 5.26 Å². The lowest BCUT2D eigenvalue weighted by Crippen LogP contribution is -2.08. The highest BCUT2D eigenvalue weighted by molar-refractivity contribution is 7.99. The van der Waals surface area contributed by atoms with Gasteiger partial charge >= 0.3 is 0 Å². The second-order valence-electron chi connectivity index (χ2n) is 6.75. The molecule has 2 heterocycles. The first kappa shape index (κ1) is 18.3. The van der Waals surface area contributed by atoms with Crippen LogP contribution in [-0.4, -0.2) is 35.1 Å². The molecular formula is C20H20N6OS. The fourth-order valence-electron chi connectivity index (χ4n) is 3.05. The standard InChI is InChI=1S/C20H20N6OS/c1-3-10-26-19(13-8-9-13)24-25-20(26)28-12(2)17(27)14(11-21)18-22-15-6-4-5-7-16(15)23-18/h3-7,12-13,27H,1,8-10H2,2H3,(H,22,23)/b17-14-. The molecule has 28 heavy (non-hydrogen) atoms. The number of aliphatic hydroxyl groups is 1. The smallest absolute Gasteiger partial charge is 0.192 e. The van der Waals surface area contributed by atoms with Crippen molar-refractivity contribution < 1.29 is 5.11 Å². The van der Waals surface area contributed by atoms with Crippen molar-refractivity contribution in [3.8, 4) is 6.07 Å². The Morgan fingerprint density at radius 1 is 1.46 bits per heavy atom. The van der Waals surface area contributed by atoms with E-state index in [4.69, 9.17) is 0 Å². The molecule has 1 aromatic carbocycles. The van der Waals surface area contributed by atoms with Crippen LogP contribution in [0.1, 0.15) is 37.3 Å². The summed E-state index contributed by atoms with van der Waals surface area (Å²) in [5.41, 5.74) is 1.70. The van der Waals surface area contributed by atoms with Gasteiger partial charge in [0.1, 0.15) is 23.2 Å². The zero-order chi connectivity index (χ0) is 19.7. The van der Waals surface area contributed by atoms with Crippen LogP contribution >= 0.6 is 11.8 Å². The Kier molecular flexibility index (Phi) is 4.92. The van der Waals surface area contributed by atoms with E-state index in [9.17, 15) is 10.4 Å². The van der Waals surface area contributed by atoms with Gasteiger partial charge in [0, 0.05) is 12.5 Å². The van der Waals surface area contributed by atoms with Crippen LogP contribution in [-0.2, 0) is 6.54 Å². The van der Waals surface area contributed by atoms with E-state index in [1.54, 1.807) is 0 Å². The van der Waals surface area contributed by atoms with Crippen LogP contribution in [0.2, 0.25) is 0 Å². The van der Waals surface area contributed by atoms with Crippen LogP contribution in [0.5, 0.6) is 0 Å². The van der Waals surface area contributed by atoms with Gasteiger partial charge in [-0.25, -0.2) is 4.98 Å². The molecule has 8 heteroatoms. The van der Waals surface area contributed by atoms with Gasteiger partial charge in [0.2, 0.25) is 0 Å². The van der Waals surface area contributed by atoms with Gasteiger partial charge in [-0.3, -0.25) is 0 Å². The molecule has 1 aliphatic rings. The molecule has 0 saturated heterocycles. The van der Waals surface area contributed by atoms with Gasteiger partial charge in [-0.05, 0) is 31.9 Å². The molecule has 0 spiro atoms. The fourth-order valence-corrected chi connectivity index (χ4v) is 3.98. The van der Waals surface area contributed by atoms with E-state index in [1.807, 2.05) is 41.8 Å². The number of aliphatic hydroxyl groups excluding tert-OH is 1. The number of imidazole rings is 1. The number of nitriles is 1. The second kappa shape index (κ2) is 7.52. The zero-order valence-electron chi connectivity index (χ0n) is 15.5. The van der Waals surface area contributed by atoms with Gasteiger partial charge in [0.05, 0.1) is 16.3 Å². The highest BCUT2D eigenvalue weighted by Crippen LogP contribution is 2.40. The largest absolute Gasteiger partial charge is 0.510 e. The minimum atomic E-state index is -0.386. The number of rotatable bonds is 7. The summed E-state index contributed by atoms with van der Waals surface area (Å²) in [5, 5.41) is 29.3. The molecule has 2 aromatic heterocycles. The van der Waals surface area contributed by atoms with E-state index in [1.165, 1.54) is 11.8 Å². The van der Waals surface area contributed by atoms with Crippen LogP contribution in [0.4, 0.5) is 0 Å². The molecule has 4 rings (SSSR count). The third-order valence-corrected chi connectivity index (χ3v) is 5.75. The molecule has 0 bridgehead atoms. The number of H-pyrrole nitrogens is 1. The van der Waals surface area contributed by atoms with Crippen LogP contribution < -0.4 is 0 Å². The molecule has 1 saturated carbocycles. The Bertz CT molecular complexity index is 1070. The number of nitrogens with one attached hydrogen (secondary N) is 1. The minimum absolute atomic E-state index is 0.0346. The number of hydrogen-bond acceptors (Lipinski definition) is 6. The molecule has 142 valence electrons. The molecule has 0 amide bonds. The number of hydrogen-bond donors (Lipinski definition) is 2. The molecule has 0 aliphatic heterocycles. The fraction of sp³-hybridized carbons (Fsp3) is 0.300. The number of nitrogens with zero attached hydrogens (tertiary/aromatic N) is 5. The summed E-state index contributed by atoms with van der Waals surface area (Å²) >= 11 is 1.37. The van der Waals surface area contributed by atoms with Crippen LogP contribution in [0, 0.1) is 11.3 Å². The van der Waals surface area contributed by atoms with E-state index >= 15 is 0 Å². The SMILES string of the molecule is C=CCn1c(SC(C)/C(O)=C(\C#N)c2nc3ccccc3[nH]2)nnc1C1CC1. The third kappa shape index (κ3) is 3.41. The first-order valence-electron chi connectivity index (χ1n) is 9.11. The van der Waals surface area contributed by atoms with Gasteiger partial charge in [-0.15, -0.1) is 16.8 Å². The monoisotopic (exact) mass is 392 g/mol. The molecule has 1 atom stereocenters. The minimum Gasteiger partial charge on any atom is -0.510 e. The summed E-state index contributed by atoms with van der Waals surface area (Å²) in [5.74, 6) is 1.76. The predicted octanol–water partition coefficient (Wildman–Crippen LogP) is 4.19. The first-order valence-corrected chi connectivity index (χ1v) is 9.99. The van der Waals surface area contributed by atoms with E-state index in [0.717, 1.165) is 29.7 Å². The Morgan fingerprint density at radius 3 is 2.93 bits per heavy atom. The third-order valence-electron chi connectivity index (χ3n) is 4.66. The molecular weight excluding hydrogens is 372 g/mol. The Morgan fingerprint density at radius 2 is 2.25 bits per heavy atom. The number of fused-ring (bicyclic) bond motifs is 1. The van der Waals surface area contributed by atoms with Crippen LogP contribution in [0.15, 0.2) is 47.8 Å². The van der Waals surface area contributed by atoms with Crippen molar-refractivity contribution in [2.75, 3.05) is 0 Å². The quantitative estimate of drug-likeness (QED) is 0.270. The second-order valence-corrected chi connectivity index (χ2v) is 8.06. The summed E-state index contributed by atoms with van der Waals surface area (Å²) in [7, 11) is 0. The van der Waals surface area contributed by atoms with Crippen molar-refractivity contribution >= 4 is 28.4 Å². The van der Waals surface area contributed by atoms with Gasteiger partial charge in [-0.2, -0.15) is 5.26 Å². The number of para-hydroxylation sites is 2. The lowest BCUT2D eigenvalue weighted by molar-refractivity contribution is 0.401. The number of thioether (sulfide) groups is 1. The van der Waals surface area contributed by atoms with Gasteiger partial charge in [0.25, 0.3) is 0 Å². The van der Waals surface area contributed by atoms with Crippen molar-refractivity contribution in [2.45, 2.75) is 42.6 Å². The van der Waals surface area contributed by atoms with Gasteiger partial charge in [0.15, 0.2) is 11.0 Å². The van der Waals surface area contributed by atoms with Crippen molar-refractivity contribution in [3.05, 3.63) is 54.3 Å². The van der Waals surface area contributed by atoms with E-state index in [0.29, 0.717) is 23.4 Å². The maximum atomic E-state index is 10.8. The highest BCUT2D eigenvalue weighted by Gasteiger charge is 2.31. The normalized spacial score (nSPS) is 15.9. The average Bonchev–Trinajstić information content (AvgIpc) is 3.33. The van der Waals surface area contributed by atoms with Gasteiger partial charge in [-0.1, -0.05) is 30.0 Å². The van der Waals surface area contributed by atoms with Crippen molar-refractivity contribution in [2.24, 2.45) is 0 Å². The van der Waals surface area contributed by atoms with E-state index < -0.39 is 0 Å². The van der Waals surface area contributed by atoms with Crippen molar-refractivity contribution in [1.82, 2.24) is 24.7 Å². The lowest BCUT2D eigenvalue weighted by Gasteiger charge is -2.12. The molecule has 1 unspecified atom stereocenters. The maximum absolute atomic E-state index is 10.8. The van der Waals surface area contributed by atoms with E-state index in [2.05, 4.69) is 32.8 Å². The molecule has 1 aliphatic carbocycles. The van der Waals surface area contributed by atoms with Crippen LogP contribution in [0.25, 0.3) is 16.6 Å². The topological polar surface area (TPSA) is 103 Å². The zero-order valence-corrected chi connectivity index (χ0v) is 16.3. The highest BCUT2D eigenvalue weighted by atomic mass is 32.2.